The van der Waals surface area contributed by atoms with E-state index in [4.69, 9.17) is 9.47 Å². The summed E-state index contributed by atoms with van der Waals surface area (Å²) < 4.78 is 34.5. The Hall–Kier alpha value is -1.11. The highest BCUT2D eigenvalue weighted by atomic mass is 32.2. The van der Waals surface area contributed by atoms with Crippen molar-refractivity contribution in [3.63, 3.8) is 0 Å². The van der Waals surface area contributed by atoms with Crippen LogP contribution in [-0.4, -0.2) is 47.1 Å². The molecule has 1 aromatic rings. The lowest BCUT2D eigenvalue weighted by atomic mass is 9.94. The largest absolute Gasteiger partial charge is 0.381 e. The Kier molecular flexibility index (Phi) is 4.67. The molecule has 1 N–H and O–H groups in total. The summed E-state index contributed by atoms with van der Waals surface area (Å²) in [5.74, 6) is 0. The van der Waals surface area contributed by atoms with Crippen molar-refractivity contribution < 1.29 is 17.9 Å². The molecule has 1 aliphatic rings. The van der Waals surface area contributed by atoms with E-state index in [9.17, 15) is 8.42 Å². The first-order valence-corrected chi connectivity index (χ1v) is 8.52. The summed E-state index contributed by atoms with van der Waals surface area (Å²) in [4.78, 5) is 0.318. The maximum Gasteiger partial charge on any atom is 0.177 e. The molecule has 112 valence electrons. The van der Waals surface area contributed by atoms with Gasteiger partial charge in [0.25, 0.3) is 0 Å². The molecule has 0 aliphatic carbocycles. The second kappa shape index (κ2) is 6.11. The highest BCUT2D eigenvalue weighted by molar-refractivity contribution is 7.90. The van der Waals surface area contributed by atoms with Crippen LogP contribution in [0.3, 0.4) is 0 Å². The first-order chi connectivity index (χ1) is 9.47. The van der Waals surface area contributed by atoms with Crippen molar-refractivity contribution in [3.8, 4) is 0 Å². The molecule has 0 atom stereocenters. The monoisotopic (exact) mass is 299 g/mol. The zero-order chi connectivity index (χ0) is 14.6. The molecule has 0 radical (unpaired) electrons. The predicted octanol–water partition coefficient (Wildman–Crippen LogP) is 1.70. The molecule has 0 spiro atoms. The maximum atomic E-state index is 11.8. The SMILES string of the molecule is COC1(CNc2ccccc2S(C)(=O)=O)CCOCC1. The Morgan fingerprint density at radius 2 is 1.95 bits per heavy atom. The van der Waals surface area contributed by atoms with Gasteiger partial charge in [0.05, 0.1) is 16.2 Å². The fraction of sp³-hybridized carbons (Fsp3) is 0.571. The zero-order valence-electron chi connectivity index (χ0n) is 11.9. The van der Waals surface area contributed by atoms with Gasteiger partial charge in [-0.05, 0) is 12.1 Å². The minimum absolute atomic E-state index is 0.289. The Labute approximate surface area is 120 Å². The van der Waals surface area contributed by atoms with Crippen LogP contribution in [0.2, 0.25) is 0 Å². The van der Waals surface area contributed by atoms with Gasteiger partial charge in [0.1, 0.15) is 0 Å². The van der Waals surface area contributed by atoms with Crippen LogP contribution in [0, 0.1) is 0 Å². The standard InChI is InChI=1S/C14H21NO4S/c1-18-14(7-9-19-10-8-14)11-15-12-5-3-4-6-13(12)20(2,16)17/h3-6,15H,7-11H2,1-2H3. The van der Waals surface area contributed by atoms with E-state index in [1.54, 1.807) is 25.3 Å². The molecule has 0 saturated carbocycles. The number of anilines is 1. The summed E-state index contributed by atoms with van der Waals surface area (Å²) in [5.41, 5.74) is 0.334. The maximum absolute atomic E-state index is 11.8. The van der Waals surface area contributed by atoms with Crippen molar-refractivity contribution in [1.29, 1.82) is 0 Å². The van der Waals surface area contributed by atoms with E-state index in [-0.39, 0.29) is 5.60 Å². The Bertz CT molecular complexity index is 550. The van der Waals surface area contributed by atoms with E-state index in [0.29, 0.717) is 30.3 Å². The van der Waals surface area contributed by atoms with Gasteiger partial charge in [0.2, 0.25) is 0 Å². The molecule has 0 bridgehead atoms. The van der Waals surface area contributed by atoms with Crippen molar-refractivity contribution in [2.75, 3.05) is 38.4 Å². The molecule has 1 aliphatic heterocycles. The van der Waals surface area contributed by atoms with Crippen LogP contribution in [0.4, 0.5) is 5.69 Å². The van der Waals surface area contributed by atoms with Gasteiger partial charge in [-0.25, -0.2) is 8.42 Å². The van der Waals surface area contributed by atoms with Crippen molar-refractivity contribution in [3.05, 3.63) is 24.3 Å². The molecule has 0 amide bonds. The van der Waals surface area contributed by atoms with Crippen LogP contribution in [0.1, 0.15) is 12.8 Å². The van der Waals surface area contributed by atoms with E-state index in [1.165, 1.54) is 6.26 Å². The number of hydrogen-bond acceptors (Lipinski definition) is 5. The number of benzene rings is 1. The van der Waals surface area contributed by atoms with Crippen molar-refractivity contribution in [2.24, 2.45) is 0 Å². The minimum Gasteiger partial charge on any atom is -0.381 e. The van der Waals surface area contributed by atoms with Gasteiger partial charge in [-0.1, -0.05) is 12.1 Å². The first kappa shape index (κ1) is 15.3. The molecule has 1 saturated heterocycles. The molecule has 6 heteroatoms. The number of para-hydroxylation sites is 1. The van der Waals surface area contributed by atoms with Crippen LogP contribution in [0.25, 0.3) is 0 Å². The minimum atomic E-state index is -3.24. The molecule has 5 nitrogen and oxygen atoms in total. The Morgan fingerprint density at radius 1 is 1.30 bits per heavy atom. The quantitative estimate of drug-likeness (QED) is 0.896. The van der Waals surface area contributed by atoms with E-state index < -0.39 is 9.84 Å². The fourth-order valence-electron chi connectivity index (χ4n) is 2.39. The lowest BCUT2D eigenvalue weighted by molar-refractivity contribution is -0.0807. The average molecular weight is 299 g/mol. The molecule has 20 heavy (non-hydrogen) atoms. The van der Waals surface area contributed by atoms with E-state index >= 15 is 0 Å². The van der Waals surface area contributed by atoms with Gasteiger partial charge in [-0.2, -0.15) is 0 Å². The van der Waals surface area contributed by atoms with Gasteiger partial charge in [0, 0.05) is 46.0 Å². The van der Waals surface area contributed by atoms with E-state index in [2.05, 4.69) is 5.32 Å². The molecule has 1 heterocycles. The van der Waals surface area contributed by atoms with Crippen molar-refractivity contribution in [2.45, 2.75) is 23.3 Å². The summed E-state index contributed by atoms with van der Waals surface area (Å²) in [7, 11) is -1.55. The fourth-order valence-corrected chi connectivity index (χ4v) is 3.25. The van der Waals surface area contributed by atoms with Crippen LogP contribution < -0.4 is 5.32 Å². The van der Waals surface area contributed by atoms with Crippen molar-refractivity contribution in [1.82, 2.24) is 0 Å². The van der Waals surface area contributed by atoms with Gasteiger partial charge in [-0.3, -0.25) is 0 Å². The number of sulfone groups is 1. The summed E-state index contributed by atoms with van der Waals surface area (Å²) in [6.45, 7) is 1.91. The molecular weight excluding hydrogens is 278 g/mol. The van der Waals surface area contributed by atoms with Crippen LogP contribution in [0.5, 0.6) is 0 Å². The normalized spacial score (nSPS) is 18.7. The molecule has 0 aromatic heterocycles. The number of methoxy groups -OCH3 is 1. The average Bonchev–Trinajstić information content (AvgIpc) is 2.45. The summed E-state index contributed by atoms with van der Waals surface area (Å²) in [6, 6.07) is 6.93. The van der Waals surface area contributed by atoms with Gasteiger partial charge in [0.15, 0.2) is 9.84 Å². The lowest BCUT2D eigenvalue weighted by Crippen LogP contribution is -2.44. The molecular formula is C14H21NO4S. The third kappa shape index (κ3) is 3.50. The molecule has 0 unspecified atom stereocenters. The predicted molar refractivity (Wildman–Crippen MR) is 77.8 cm³/mol. The summed E-state index contributed by atoms with van der Waals surface area (Å²) in [6.07, 6.45) is 2.82. The van der Waals surface area contributed by atoms with Crippen LogP contribution in [-0.2, 0) is 19.3 Å². The molecule has 1 aromatic carbocycles. The number of hydrogen-bond donors (Lipinski definition) is 1. The highest BCUT2D eigenvalue weighted by Crippen LogP contribution is 2.27. The third-order valence-corrected chi connectivity index (χ3v) is 4.88. The van der Waals surface area contributed by atoms with E-state index in [1.807, 2.05) is 6.07 Å². The Balaban J connectivity index is 2.14. The van der Waals surface area contributed by atoms with Gasteiger partial charge < -0.3 is 14.8 Å². The highest BCUT2D eigenvalue weighted by Gasteiger charge is 2.32. The zero-order valence-corrected chi connectivity index (χ0v) is 12.7. The smallest absolute Gasteiger partial charge is 0.177 e. The molecule has 2 rings (SSSR count). The first-order valence-electron chi connectivity index (χ1n) is 6.63. The van der Waals surface area contributed by atoms with Crippen LogP contribution >= 0.6 is 0 Å². The summed E-state index contributed by atoms with van der Waals surface area (Å²) >= 11 is 0. The van der Waals surface area contributed by atoms with Gasteiger partial charge in [-0.15, -0.1) is 0 Å². The Morgan fingerprint density at radius 3 is 2.55 bits per heavy atom. The third-order valence-electron chi connectivity index (χ3n) is 3.72. The number of ether oxygens (including phenoxy) is 2. The molecule has 1 fully saturated rings. The van der Waals surface area contributed by atoms with Gasteiger partial charge >= 0.3 is 0 Å². The summed E-state index contributed by atoms with van der Waals surface area (Å²) in [5, 5.41) is 3.22. The topological polar surface area (TPSA) is 64.6 Å². The van der Waals surface area contributed by atoms with E-state index in [0.717, 1.165) is 12.8 Å². The second-order valence-corrected chi connectivity index (χ2v) is 7.11. The van der Waals surface area contributed by atoms with Crippen molar-refractivity contribution >= 4 is 15.5 Å². The number of nitrogens with one attached hydrogen (secondary N) is 1. The second-order valence-electron chi connectivity index (χ2n) is 5.12. The van der Waals surface area contributed by atoms with Crippen LogP contribution in [0.15, 0.2) is 29.2 Å². The lowest BCUT2D eigenvalue weighted by Gasteiger charge is -2.36. The number of rotatable bonds is 5.